The monoisotopic (exact) mass is 251 g/mol. The van der Waals surface area contributed by atoms with Gasteiger partial charge in [-0.25, -0.2) is 0 Å². The number of halogens is 4. The first kappa shape index (κ1) is 13.3. The van der Waals surface area contributed by atoms with Crippen LogP contribution in [0.4, 0.5) is 13.2 Å². The number of alkyl halides is 3. The van der Waals surface area contributed by atoms with Gasteiger partial charge in [0, 0.05) is 11.1 Å². The molecule has 5 heteroatoms. The standard InChI is InChI=1S/C11H13ClF3N/c1-2-3-10(16)8-5-4-7(12)6-9(8)11(13,14)15/h4-6,10H,2-3,16H2,1H3/t10-/m0/s1. The Hall–Kier alpha value is -0.740. The Morgan fingerprint density at radius 3 is 2.50 bits per heavy atom. The summed E-state index contributed by atoms with van der Waals surface area (Å²) in [4.78, 5) is 0. The van der Waals surface area contributed by atoms with E-state index in [1.807, 2.05) is 6.92 Å². The highest BCUT2D eigenvalue weighted by atomic mass is 35.5. The summed E-state index contributed by atoms with van der Waals surface area (Å²) in [5.41, 5.74) is 5.08. The molecule has 0 saturated carbocycles. The van der Waals surface area contributed by atoms with Crippen LogP contribution in [0.25, 0.3) is 0 Å². The van der Waals surface area contributed by atoms with Crippen molar-refractivity contribution in [1.82, 2.24) is 0 Å². The van der Waals surface area contributed by atoms with E-state index in [1.54, 1.807) is 0 Å². The average molecular weight is 252 g/mol. The van der Waals surface area contributed by atoms with Crippen molar-refractivity contribution in [2.24, 2.45) is 5.73 Å². The van der Waals surface area contributed by atoms with Gasteiger partial charge in [0.15, 0.2) is 0 Å². The average Bonchev–Trinajstić information content (AvgIpc) is 2.16. The van der Waals surface area contributed by atoms with Crippen molar-refractivity contribution in [3.63, 3.8) is 0 Å². The number of hydrogen-bond acceptors (Lipinski definition) is 1. The van der Waals surface area contributed by atoms with E-state index in [0.717, 1.165) is 12.5 Å². The number of rotatable bonds is 3. The first-order valence-corrected chi connectivity index (χ1v) is 5.36. The van der Waals surface area contributed by atoms with Gasteiger partial charge >= 0.3 is 6.18 Å². The molecule has 0 heterocycles. The molecule has 0 unspecified atom stereocenters. The van der Waals surface area contributed by atoms with Gasteiger partial charge in [-0.1, -0.05) is 31.0 Å². The van der Waals surface area contributed by atoms with E-state index in [1.165, 1.54) is 12.1 Å². The minimum absolute atomic E-state index is 0.0692. The third-order valence-electron chi connectivity index (χ3n) is 2.32. The van der Waals surface area contributed by atoms with Gasteiger partial charge in [-0.15, -0.1) is 0 Å². The molecule has 0 saturated heterocycles. The van der Waals surface area contributed by atoms with Crippen molar-refractivity contribution in [2.75, 3.05) is 0 Å². The number of hydrogen-bond donors (Lipinski definition) is 1. The van der Waals surface area contributed by atoms with Crippen molar-refractivity contribution in [3.8, 4) is 0 Å². The van der Waals surface area contributed by atoms with Crippen LogP contribution in [0.3, 0.4) is 0 Å². The smallest absolute Gasteiger partial charge is 0.324 e. The van der Waals surface area contributed by atoms with Crippen molar-refractivity contribution in [3.05, 3.63) is 34.3 Å². The number of nitrogens with two attached hydrogens (primary N) is 1. The molecule has 0 amide bonds. The Labute approximate surface area is 97.4 Å². The largest absolute Gasteiger partial charge is 0.416 e. The summed E-state index contributed by atoms with van der Waals surface area (Å²) < 4.78 is 38.1. The van der Waals surface area contributed by atoms with E-state index in [9.17, 15) is 13.2 Å². The zero-order valence-electron chi connectivity index (χ0n) is 8.81. The molecule has 0 aliphatic rings. The lowest BCUT2D eigenvalue weighted by atomic mass is 9.97. The van der Waals surface area contributed by atoms with Crippen molar-refractivity contribution in [1.29, 1.82) is 0 Å². The first-order chi connectivity index (χ1) is 7.36. The highest BCUT2D eigenvalue weighted by molar-refractivity contribution is 6.30. The van der Waals surface area contributed by atoms with Gasteiger partial charge in [0.25, 0.3) is 0 Å². The number of benzene rings is 1. The van der Waals surface area contributed by atoms with Crippen LogP contribution in [0.1, 0.15) is 36.9 Å². The molecule has 0 bridgehead atoms. The first-order valence-electron chi connectivity index (χ1n) is 4.98. The second kappa shape index (κ2) is 5.06. The lowest BCUT2D eigenvalue weighted by molar-refractivity contribution is -0.138. The van der Waals surface area contributed by atoms with Crippen LogP contribution < -0.4 is 5.73 Å². The van der Waals surface area contributed by atoms with Crippen molar-refractivity contribution < 1.29 is 13.2 Å². The van der Waals surface area contributed by atoms with Crippen molar-refractivity contribution in [2.45, 2.75) is 32.0 Å². The van der Waals surface area contributed by atoms with E-state index in [2.05, 4.69) is 0 Å². The summed E-state index contributed by atoms with van der Waals surface area (Å²) in [6.07, 6.45) is -3.16. The Balaban J connectivity index is 3.18. The molecule has 0 aliphatic heterocycles. The van der Waals surface area contributed by atoms with E-state index in [0.29, 0.717) is 6.42 Å². The Kier molecular flexibility index (Phi) is 4.21. The highest BCUT2D eigenvalue weighted by Crippen LogP contribution is 2.36. The van der Waals surface area contributed by atoms with E-state index < -0.39 is 17.8 Å². The van der Waals surface area contributed by atoms with Crippen LogP contribution in [0.15, 0.2) is 18.2 Å². The summed E-state index contributed by atoms with van der Waals surface area (Å²) >= 11 is 5.56. The van der Waals surface area contributed by atoms with E-state index in [-0.39, 0.29) is 10.6 Å². The Morgan fingerprint density at radius 2 is 2.00 bits per heavy atom. The summed E-state index contributed by atoms with van der Waals surface area (Å²) in [7, 11) is 0. The zero-order valence-corrected chi connectivity index (χ0v) is 9.57. The second-order valence-electron chi connectivity index (χ2n) is 3.62. The third-order valence-corrected chi connectivity index (χ3v) is 2.55. The quantitative estimate of drug-likeness (QED) is 0.858. The second-order valence-corrected chi connectivity index (χ2v) is 4.06. The molecule has 90 valence electrons. The van der Waals surface area contributed by atoms with Crippen molar-refractivity contribution >= 4 is 11.6 Å². The molecule has 1 atom stereocenters. The third kappa shape index (κ3) is 3.12. The summed E-state index contributed by atoms with van der Waals surface area (Å²) in [6, 6.07) is 3.11. The fraction of sp³-hybridized carbons (Fsp3) is 0.455. The fourth-order valence-electron chi connectivity index (χ4n) is 1.56. The maximum absolute atomic E-state index is 12.7. The molecule has 0 spiro atoms. The van der Waals surface area contributed by atoms with Gasteiger partial charge in [0.2, 0.25) is 0 Å². The normalized spacial score (nSPS) is 13.9. The predicted octanol–water partition coefficient (Wildman–Crippen LogP) is 4.16. The molecule has 16 heavy (non-hydrogen) atoms. The SMILES string of the molecule is CCC[C@H](N)c1ccc(Cl)cc1C(F)(F)F. The van der Waals surface area contributed by atoms with E-state index in [4.69, 9.17) is 17.3 Å². The molecule has 0 aliphatic carbocycles. The van der Waals surface area contributed by atoms with Gasteiger partial charge in [-0.05, 0) is 24.1 Å². The molecule has 1 aromatic rings. The highest BCUT2D eigenvalue weighted by Gasteiger charge is 2.34. The van der Waals surface area contributed by atoms with Crippen LogP contribution in [0.2, 0.25) is 5.02 Å². The Bertz CT molecular complexity index is 363. The molecule has 1 nitrogen and oxygen atoms in total. The lowest BCUT2D eigenvalue weighted by Gasteiger charge is -2.18. The molecule has 0 fully saturated rings. The molecule has 1 aromatic carbocycles. The summed E-state index contributed by atoms with van der Waals surface area (Å²) in [6.45, 7) is 1.88. The molecule has 0 aromatic heterocycles. The molecular formula is C11H13ClF3N. The Morgan fingerprint density at radius 1 is 1.38 bits per heavy atom. The minimum atomic E-state index is -4.41. The molecular weight excluding hydrogens is 239 g/mol. The zero-order chi connectivity index (χ0) is 12.3. The summed E-state index contributed by atoms with van der Waals surface area (Å²) in [5.74, 6) is 0. The predicted molar refractivity (Wildman–Crippen MR) is 58.3 cm³/mol. The minimum Gasteiger partial charge on any atom is -0.324 e. The molecule has 0 radical (unpaired) electrons. The lowest BCUT2D eigenvalue weighted by Crippen LogP contribution is -2.17. The maximum Gasteiger partial charge on any atom is 0.416 e. The fourth-order valence-corrected chi connectivity index (χ4v) is 1.74. The van der Waals surface area contributed by atoms with Crippen LogP contribution >= 0.6 is 11.6 Å². The van der Waals surface area contributed by atoms with Crippen LogP contribution in [0.5, 0.6) is 0 Å². The van der Waals surface area contributed by atoms with Gasteiger partial charge in [-0.3, -0.25) is 0 Å². The topological polar surface area (TPSA) is 26.0 Å². The maximum atomic E-state index is 12.7. The van der Waals surface area contributed by atoms with Gasteiger partial charge in [-0.2, -0.15) is 13.2 Å². The summed E-state index contributed by atoms with van der Waals surface area (Å²) in [5, 5.41) is 0.0692. The molecule has 2 N–H and O–H groups in total. The van der Waals surface area contributed by atoms with Gasteiger partial charge in [0.1, 0.15) is 0 Å². The van der Waals surface area contributed by atoms with Crippen LogP contribution in [-0.4, -0.2) is 0 Å². The molecule has 1 rings (SSSR count). The van der Waals surface area contributed by atoms with Gasteiger partial charge < -0.3 is 5.73 Å². The van der Waals surface area contributed by atoms with E-state index >= 15 is 0 Å². The van der Waals surface area contributed by atoms with Gasteiger partial charge in [0.05, 0.1) is 5.56 Å². The van der Waals surface area contributed by atoms with Crippen LogP contribution in [-0.2, 0) is 6.18 Å². The van der Waals surface area contributed by atoms with Crippen LogP contribution in [0, 0.1) is 0 Å².